The normalized spacial score (nSPS) is 17.8. The van der Waals surface area contributed by atoms with Gasteiger partial charge in [-0.3, -0.25) is 0 Å². The predicted molar refractivity (Wildman–Crippen MR) is 70.7 cm³/mol. The molecule has 0 saturated heterocycles. The van der Waals surface area contributed by atoms with Crippen molar-refractivity contribution in [1.82, 2.24) is 10.6 Å². The first-order chi connectivity index (χ1) is 8.42. The number of hydrogen-bond acceptors (Lipinski definition) is 3. The molecule has 2 N–H and O–H groups in total. The summed E-state index contributed by atoms with van der Waals surface area (Å²) in [5.74, 6) is 1.57. The van der Waals surface area contributed by atoms with Crippen LogP contribution in [0, 0.1) is 0 Å². The lowest BCUT2D eigenvalue weighted by Gasteiger charge is -2.10. The van der Waals surface area contributed by atoms with Gasteiger partial charge in [0.2, 0.25) is 0 Å². The molecule has 1 heterocycles. The van der Waals surface area contributed by atoms with E-state index in [0.717, 1.165) is 38.5 Å². The van der Waals surface area contributed by atoms with E-state index in [1.54, 1.807) is 0 Å². The summed E-state index contributed by atoms with van der Waals surface area (Å²) < 4.78 is 5.65. The van der Waals surface area contributed by atoms with E-state index in [4.69, 9.17) is 4.74 Å². The van der Waals surface area contributed by atoms with Gasteiger partial charge in [0, 0.05) is 31.1 Å². The van der Waals surface area contributed by atoms with Gasteiger partial charge in [0.1, 0.15) is 5.75 Å². The molecule has 1 aromatic rings. The molecule has 94 valence electrons. The number of ether oxygens (including phenoxy) is 1. The third kappa shape index (κ3) is 3.45. The van der Waals surface area contributed by atoms with Gasteiger partial charge in [-0.05, 0) is 19.0 Å². The molecular formula is C14H22N2O. The van der Waals surface area contributed by atoms with Crippen LogP contribution in [0.25, 0.3) is 0 Å². The van der Waals surface area contributed by atoms with E-state index in [2.05, 4.69) is 35.8 Å². The Labute approximate surface area is 104 Å². The molecule has 0 spiro atoms. The molecule has 3 nitrogen and oxygen atoms in total. The Hall–Kier alpha value is -1.06. The van der Waals surface area contributed by atoms with Gasteiger partial charge in [-0.15, -0.1) is 0 Å². The largest absolute Gasteiger partial charge is 0.493 e. The van der Waals surface area contributed by atoms with Crippen molar-refractivity contribution in [3.05, 3.63) is 29.8 Å². The van der Waals surface area contributed by atoms with Crippen LogP contribution in [-0.2, 0) is 0 Å². The zero-order chi connectivity index (χ0) is 11.9. The van der Waals surface area contributed by atoms with Gasteiger partial charge in [0.15, 0.2) is 0 Å². The van der Waals surface area contributed by atoms with E-state index >= 15 is 0 Å². The SMILES string of the molecule is CCCNCCNCC1COc2ccccc21. The van der Waals surface area contributed by atoms with Crippen molar-refractivity contribution < 1.29 is 4.74 Å². The fourth-order valence-corrected chi connectivity index (χ4v) is 2.15. The van der Waals surface area contributed by atoms with Crippen LogP contribution in [0.1, 0.15) is 24.8 Å². The van der Waals surface area contributed by atoms with E-state index in [9.17, 15) is 0 Å². The maximum atomic E-state index is 5.65. The molecule has 1 aromatic carbocycles. The summed E-state index contributed by atoms with van der Waals surface area (Å²) in [4.78, 5) is 0. The van der Waals surface area contributed by atoms with Gasteiger partial charge < -0.3 is 15.4 Å². The Morgan fingerprint density at radius 2 is 2.00 bits per heavy atom. The summed E-state index contributed by atoms with van der Waals surface area (Å²) >= 11 is 0. The van der Waals surface area contributed by atoms with Crippen molar-refractivity contribution >= 4 is 0 Å². The third-order valence-corrected chi connectivity index (χ3v) is 3.09. The highest BCUT2D eigenvalue weighted by atomic mass is 16.5. The Morgan fingerprint density at radius 1 is 1.18 bits per heavy atom. The number of rotatable bonds is 7. The zero-order valence-corrected chi connectivity index (χ0v) is 10.5. The van der Waals surface area contributed by atoms with E-state index in [1.807, 2.05) is 6.07 Å². The van der Waals surface area contributed by atoms with Crippen LogP contribution in [0.5, 0.6) is 5.75 Å². The summed E-state index contributed by atoms with van der Waals surface area (Å²) in [7, 11) is 0. The smallest absolute Gasteiger partial charge is 0.122 e. The topological polar surface area (TPSA) is 33.3 Å². The van der Waals surface area contributed by atoms with E-state index < -0.39 is 0 Å². The average molecular weight is 234 g/mol. The van der Waals surface area contributed by atoms with Crippen LogP contribution in [0.4, 0.5) is 0 Å². The molecule has 0 aliphatic carbocycles. The molecule has 1 aliphatic rings. The first-order valence-electron chi connectivity index (χ1n) is 6.55. The second kappa shape index (κ2) is 6.62. The molecule has 1 atom stereocenters. The molecule has 1 unspecified atom stereocenters. The monoisotopic (exact) mass is 234 g/mol. The Morgan fingerprint density at radius 3 is 2.88 bits per heavy atom. The van der Waals surface area contributed by atoms with Gasteiger partial charge in [-0.1, -0.05) is 25.1 Å². The van der Waals surface area contributed by atoms with Crippen molar-refractivity contribution in [2.75, 3.05) is 32.8 Å². The molecule has 17 heavy (non-hydrogen) atoms. The Balaban J connectivity index is 1.68. The maximum Gasteiger partial charge on any atom is 0.122 e. The van der Waals surface area contributed by atoms with Crippen LogP contribution in [0.15, 0.2) is 24.3 Å². The third-order valence-electron chi connectivity index (χ3n) is 3.09. The molecule has 3 heteroatoms. The first-order valence-corrected chi connectivity index (χ1v) is 6.55. The number of nitrogens with one attached hydrogen (secondary N) is 2. The van der Waals surface area contributed by atoms with Gasteiger partial charge in [0.05, 0.1) is 6.61 Å². The van der Waals surface area contributed by atoms with E-state index in [0.29, 0.717) is 5.92 Å². The molecule has 0 radical (unpaired) electrons. The molecule has 0 bridgehead atoms. The summed E-state index contributed by atoms with van der Waals surface area (Å²) in [5.41, 5.74) is 1.35. The Bertz CT molecular complexity index is 341. The minimum absolute atomic E-state index is 0.511. The van der Waals surface area contributed by atoms with Crippen molar-refractivity contribution in [2.45, 2.75) is 19.3 Å². The maximum absolute atomic E-state index is 5.65. The quantitative estimate of drug-likeness (QED) is 0.705. The number of hydrogen-bond donors (Lipinski definition) is 2. The second-order valence-electron chi connectivity index (χ2n) is 4.50. The summed E-state index contributed by atoms with van der Waals surface area (Å²) in [5, 5.41) is 6.87. The highest BCUT2D eigenvalue weighted by Crippen LogP contribution is 2.32. The number of para-hydroxylation sites is 1. The lowest BCUT2D eigenvalue weighted by Crippen LogP contribution is -2.30. The molecular weight excluding hydrogens is 212 g/mol. The highest BCUT2D eigenvalue weighted by Gasteiger charge is 2.22. The molecule has 0 amide bonds. The van der Waals surface area contributed by atoms with Crippen LogP contribution < -0.4 is 15.4 Å². The first kappa shape index (κ1) is 12.4. The van der Waals surface area contributed by atoms with Crippen LogP contribution in [0.3, 0.4) is 0 Å². The van der Waals surface area contributed by atoms with Crippen molar-refractivity contribution in [1.29, 1.82) is 0 Å². The van der Waals surface area contributed by atoms with Crippen molar-refractivity contribution in [3.8, 4) is 5.75 Å². The number of benzene rings is 1. The fraction of sp³-hybridized carbons (Fsp3) is 0.571. The van der Waals surface area contributed by atoms with E-state index in [1.165, 1.54) is 12.0 Å². The van der Waals surface area contributed by atoms with Gasteiger partial charge >= 0.3 is 0 Å². The summed E-state index contributed by atoms with van der Waals surface area (Å²) in [6.07, 6.45) is 1.20. The average Bonchev–Trinajstić information content (AvgIpc) is 2.77. The Kier molecular flexibility index (Phi) is 4.83. The summed E-state index contributed by atoms with van der Waals surface area (Å²) in [6.45, 7) is 7.19. The highest BCUT2D eigenvalue weighted by molar-refractivity contribution is 5.39. The van der Waals surface area contributed by atoms with E-state index in [-0.39, 0.29) is 0 Å². The second-order valence-corrected chi connectivity index (χ2v) is 4.50. The lowest BCUT2D eigenvalue weighted by molar-refractivity contribution is 0.326. The minimum atomic E-state index is 0.511. The predicted octanol–water partition coefficient (Wildman–Crippen LogP) is 1.75. The summed E-state index contributed by atoms with van der Waals surface area (Å²) in [6, 6.07) is 8.34. The lowest BCUT2D eigenvalue weighted by atomic mass is 10.0. The van der Waals surface area contributed by atoms with Gasteiger partial charge in [0.25, 0.3) is 0 Å². The standard InChI is InChI=1S/C14H22N2O/c1-2-7-15-8-9-16-10-12-11-17-14-6-4-3-5-13(12)14/h3-6,12,15-16H,2,7-11H2,1H3. The van der Waals surface area contributed by atoms with Crippen molar-refractivity contribution in [2.24, 2.45) is 0 Å². The molecule has 0 aromatic heterocycles. The van der Waals surface area contributed by atoms with Gasteiger partial charge in [-0.25, -0.2) is 0 Å². The van der Waals surface area contributed by atoms with Crippen LogP contribution in [0.2, 0.25) is 0 Å². The molecule has 0 fully saturated rings. The number of fused-ring (bicyclic) bond motifs is 1. The zero-order valence-electron chi connectivity index (χ0n) is 10.5. The molecule has 0 saturated carbocycles. The van der Waals surface area contributed by atoms with Crippen LogP contribution in [-0.4, -0.2) is 32.8 Å². The minimum Gasteiger partial charge on any atom is -0.493 e. The van der Waals surface area contributed by atoms with Gasteiger partial charge in [-0.2, -0.15) is 0 Å². The fourth-order valence-electron chi connectivity index (χ4n) is 2.15. The van der Waals surface area contributed by atoms with Crippen LogP contribution >= 0.6 is 0 Å². The molecule has 2 rings (SSSR count). The molecule has 1 aliphatic heterocycles. The van der Waals surface area contributed by atoms with Crippen molar-refractivity contribution in [3.63, 3.8) is 0 Å².